The van der Waals surface area contributed by atoms with E-state index >= 15 is 4.39 Å². The van der Waals surface area contributed by atoms with Crippen molar-refractivity contribution in [3.05, 3.63) is 65.7 Å². The Balaban J connectivity index is 1.49. The summed E-state index contributed by atoms with van der Waals surface area (Å²) in [6.45, 7) is 17.7. The third-order valence-corrected chi connectivity index (χ3v) is 8.88. The molecule has 1 aliphatic rings. The Kier molecular flexibility index (Phi) is 10.3. The van der Waals surface area contributed by atoms with E-state index < -0.39 is 32.9 Å². The molecule has 12 heteroatoms. The zero-order chi connectivity index (χ0) is 28.8. The van der Waals surface area contributed by atoms with Crippen LogP contribution in [-0.4, -0.2) is 74.1 Å². The van der Waals surface area contributed by atoms with Crippen LogP contribution in [0.1, 0.15) is 56.9 Å². The first kappa shape index (κ1) is 30.1. The number of carbonyl (C=O) groups is 1. The molecule has 214 valence electrons. The Morgan fingerprint density at radius 3 is 2.58 bits per heavy atom. The van der Waals surface area contributed by atoms with Gasteiger partial charge in [-0.1, -0.05) is 37.3 Å². The summed E-state index contributed by atoms with van der Waals surface area (Å²) in [6.07, 6.45) is 0.0755. The molecule has 1 saturated heterocycles. The van der Waals surface area contributed by atoms with E-state index in [0.29, 0.717) is 22.4 Å². The van der Waals surface area contributed by atoms with Gasteiger partial charge in [0.15, 0.2) is 23.8 Å². The maximum atomic E-state index is 15.6. The van der Waals surface area contributed by atoms with Crippen LogP contribution in [0.3, 0.4) is 0 Å². The summed E-state index contributed by atoms with van der Waals surface area (Å²) in [7, 11) is -1.47. The number of hydrogen-bond acceptors (Lipinski definition) is 8. The number of ketones is 1. The van der Waals surface area contributed by atoms with E-state index in [0.717, 1.165) is 0 Å². The predicted molar refractivity (Wildman–Crippen MR) is 150 cm³/mol. The molecule has 0 N–H and O–H groups in total. The summed E-state index contributed by atoms with van der Waals surface area (Å²) >= 11 is 0. The van der Waals surface area contributed by atoms with Gasteiger partial charge in [0.25, 0.3) is 8.53 Å². The van der Waals surface area contributed by atoms with E-state index in [2.05, 4.69) is 52.2 Å². The normalized spacial score (nSPS) is 21.9. The standard InChI is InChI=1S/C28H36FN6O4P/c1-18(2)35(19(3)4)40(37-13-12-30-6)38-15-24-20(5)25(29)28(39-24)34-17-33-26-22(31-16-32-27(26)34)14-23(36)21-10-8-7-9-11-21/h7-11,16-20,24-25,28H,12-15H2,1-5H3/t20-,24-,25-,28-,40?/m1/s1. The van der Waals surface area contributed by atoms with Crippen LogP contribution in [-0.2, 0) is 20.2 Å². The highest BCUT2D eigenvalue weighted by molar-refractivity contribution is 7.44. The van der Waals surface area contributed by atoms with Gasteiger partial charge in [-0.2, -0.15) is 0 Å². The van der Waals surface area contributed by atoms with Gasteiger partial charge in [0, 0.05) is 23.6 Å². The van der Waals surface area contributed by atoms with Crippen molar-refractivity contribution in [1.82, 2.24) is 24.2 Å². The lowest BCUT2D eigenvalue weighted by Crippen LogP contribution is -2.35. The quantitative estimate of drug-likeness (QED) is 0.116. The first-order valence-electron chi connectivity index (χ1n) is 13.4. The van der Waals surface area contributed by atoms with Gasteiger partial charge in [-0.3, -0.25) is 9.36 Å². The molecule has 5 atom stereocenters. The highest BCUT2D eigenvalue weighted by Gasteiger charge is 2.45. The third kappa shape index (κ3) is 6.70. The molecule has 1 fully saturated rings. The van der Waals surface area contributed by atoms with Crippen molar-refractivity contribution in [3.63, 3.8) is 0 Å². The lowest BCUT2D eigenvalue weighted by Gasteiger charge is -2.35. The van der Waals surface area contributed by atoms with Crippen molar-refractivity contribution in [3.8, 4) is 0 Å². The van der Waals surface area contributed by atoms with Crippen molar-refractivity contribution in [2.45, 2.75) is 71.6 Å². The van der Waals surface area contributed by atoms with E-state index in [1.165, 1.54) is 12.7 Å². The van der Waals surface area contributed by atoms with Gasteiger partial charge < -0.3 is 18.6 Å². The summed E-state index contributed by atoms with van der Waals surface area (Å²) in [4.78, 5) is 29.2. The van der Waals surface area contributed by atoms with Crippen molar-refractivity contribution >= 4 is 25.5 Å². The Bertz CT molecular complexity index is 1310. The molecule has 0 radical (unpaired) electrons. The van der Waals surface area contributed by atoms with Gasteiger partial charge in [0.05, 0.1) is 31.2 Å². The van der Waals surface area contributed by atoms with Crippen LogP contribution in [0.15, 0.2) is 43.0 Å². The Morgan fingerprint density at radius 2 is 1.90 bits per heavy atom. The topological polar surface area (TPSA) is 96.0 Å². The number of alkyl halides is 1. The number of carbonyl (C=O) groups excluding carboxylic acids is 1. The minimum absolute atomic E-state index is 0.0523. The van der Waals surface area contributed by atoms with Crippen LogP contribution >= 0.6 is 8.53 Å². The number of halogens is 1. The minimum Gasteiger partial charge on any atom is -0.349 e. The fraction of sp³-hybridized carbons (Fsp3) is 0.536. The number of hydrogen-bond donors (Lipinski definition) is 0. The lowest BCUT2D eigenvalue weighted by molar-refractivity contribution is -0.0358. The molecule has 0 saturated carbocycles. The average molecular weight is 571 g/mol. The van der Waals surface area contributed by atoms with Gasteiger partial charge in [0.1, 0.15) is 18.5 Å². The van der Waals surface area contributed by atoms with Gasteiger partial charge >= 0.3 is 0 Å². The highest BCUT2D eigenvalue weighted by atomic mass is 31.2. The van der Waals surface area contributed by atoms with Crippen LogP contribution in [0.5, 0.6) is 0 Å². The van der Waals surface area contributed by atoms with Crippen LogP contribution in [0.25, 0.3) is 16.0 Å². The summed E-state index contributed by atoms with van der Waals surface area (Å²) in [5.74, 6) is -0.552. The third-order valence-electron chi connectivity index (χ3n) is 6.81. The monoisotopic (exact) mass is 570 g/mol. The Hall–Kier alpha value is -2.87. The molecule has 0 amide bonds. The van der Waals surface area contributed by atoms with Crippen molar-refractivity contribution in [2.75, 3.05) is 19.8 Å². The second-order valence-corrected chi connectivity index (χ2v) is 11.7. The molecule has 1 aliphatic heterocycles. The second kappa shape index (κ2) is 13.7. The SMILES string of the molecule is [C-]#[N+]CCOP(OC[C@H]1O[C@@H](n2cnc3c(CC(=O)c4ccccc4)ncnc32)[C@H](F)[C@@H]1C)N(C(C)C)C(C)C. The first-order chi connectivity index (χ1) is 19.2. The maximum absolute atomic E-state index is 15.6. The van der Waals surface area contributed by atoms with Gasteiger partial charge in [-0.15, -0.1) is 0 Å². The number of aromatic nitrogens is 4. The van der Waals surface area contributed by atoms with Crippen LogP contribution in [0, 0.1) is 12.5 Å². The van der Waals surface area contributed by atoms with Crippen molar-refractivity contribution in [2.24, 2.45) is 5.92 Å². The molecule has 40 heavy (non-hydrogen) atoms. The summed E-state index contributed by atoms with van der Waals surface area (Å²) in [5, 5.41) is 0. The molecule has 4 rings (SSSR count). The van der Waals surface area contributed by atoms with Crippen molar-refractivity contribution in [1.29, 1.82) is 0 Å². The first-order valence-corrected chi connectivity index (χ1v) is 14.6. The zero-order valence-electron chi connectivity index (χ0n) is 23.5. The largest absolute Gasteiger partial charge is 0.349 e. The number of ether oxygens (including phenoxy) is 1. The molecule has 10 nitrogen and oxygen atoms in total. The number of Topliss-reactive ketones (excluding diaryl/α,β-unsaturated/α-hetero) is 1. The van der Waals surface area contributed by atoms with E-state index in [4.69, 9.17) is 20.4 Å². The second-order valence-electron chi connectivity index (χ2n) is 10.3. The maximum Gasteiger partial charge on any atom is 0.259 e. The van der Waals surface area contributed by atoms with E-state index in [9.17, 15) is 4.79 Å². The fourth-order valence-electron chi connectivity index (χ4n) is 4.79. The molecule has 1 aromatic carbocycles. The van der Waals surface area contributed by atoms with Gasteiger partial charge in [0.2, 0.25) is 6.54 Å². The van der Waals surface area contributed by atoms with Gasteiger partial charge in [-0.05, 0) is 27.7 Å². The summed E-state index contributed by atoms with van der Waals surface area (Å²) in [6, 6.07) is 9.29. The van der Waals surface area contributed by atoms with E-state index in [-0.39, 0.29) is 44.0 Å². The minimum atomic E-state index is -1.47. The molecule has 0 bridgehead atoms. The summed E-state index contributed by atoms with van der Waals surface area (Å²) < 4.78 is 37.7. The highest BCUT2D eigenvalue weighted by Crippen LogP contribution is 2.47. The number of benzene rings is 1. The lowest BCUT2D eigenvalue weighted by atomic mass is 10.0. The molecule has 3 aromatic rings. The van der Waals surface area contributed by atoms with Gasteiger partial charge in [-0.25, -0.2) is 30.6 Å². The number of imidazole rings is 1. The Morgan fingerprint density at radius 1 is 1.18 bits per heavy atom. The van der Waals surface area contributed by atoms with E-state index in [1.807, 2.05) is 18.2 Å². The van der Waals surface area contributed by atoms with Crippen LogP contribution in [0.4, 0.5) is 4.39 Å². The molecular weight excluding hydrogens is 534 g/mol. The van der Waals surface area contributed by atoms with Crippen LogP contribution < -0.4 is 0 Å². The molecule has 0 aliphatic carbocycles. The fourth-order valence-corrected chi connectivity index (χ4v) is 6.40. The molecule has 3 heterocycles. The smallest absolute Gasteiger partial charge is 0.259 e. The van der Waals surface area contributed by atoms with Crippen molar-refractivity contribution < 1.29 is 23.0 Å². The molecule has 0 spiro atoms. The molecule has 2 aromatic heterocycles. The van der Waals surface area contributed by atoms with E-state index in [1.54, 1.807) is 23.6 Å². The molecule has 1 unspecified atom stereocenters. The predicted octanol–water partition coefficient (Wildman–Crippen LogP) is 5.42. The number of fused-ring (bicyclic) bond motifs is 1. The number of nitrogens with zero attached hydrogens (tertiary/aromatic N) is 6. The molecular formula is C28H36FN6O4P. The number of rotatable bonds is 13. The summed E-state index contributed by atoms with van der Waals surface area (Å²) in [5.41, 5.74) is 1.91. The van der Waals surface area contributed by atoms with Crippen LogP contribution in [0.2, 0.25) is 0 Å². The zero-order valence-corrected chi connectivity index (χ0v) is 24.4. The average Bonchev–Trinajstić information content (AvgIpc) is 3.48. The Labute approximate surface area is 235 Å².